The van der Waals surface area contributed by atoms with Gasteiger partial charge in [0.1, 0.15) is 5.82 Å². The fourth-order valence-electron chi connectivity index (χ4n) is 4.82. The van der Waals surface area contributed by atoms with Crippen molar-refractivity contribution in [3.63, 3.8) is 0 Å². The van der Waals surface area contributed by atoms with Gasteiger partial charge in [-0.2, -0.15) is 5.10 Å². The van der Waals surface area contributed by atoms with Crippen LogP contribution in [-0.4, -0.2) is 69.2 Å². The molecule has 0 aliphatic carbocycles. The number of rotatable bonds is 9. The first-order valence-electron chi connectivity index (χ1n) is 12.7. The van der Waals surface area contributed by atoms with E-state index < -0.39 is 0 Å². The highest BCUT2D eigenvalue weighted by Gasteiger charge is 2.21. The van der Waals surface area contributed by atoms with Crippen molar-refractivity contribution in [3.05, 3.63) is 53.7 Å². The Hall–Kier alpha value is -3.30. The Morgan fingerprint density at radius 3 is 2.67 bits per heavy atom. The first-order chi connectivity index (χ1) is 17.6. The largest absolute Gasteiger partial charge is 0.357 e. The van der Waals surface area contributed by atoms with Crippen molar-refractivity contribution in [2.45, 2.75) is 39.7 Å². The molecular formula is C27H33N7OS. The fourth-order valence-corrected chi connectivity index (χ4v) is 5.52. The molecule has 1 fully saturated rings. The molecule has 188 valence electrons. The van der Waals surface area contributed by atoms with E-state index in [4.69, 9.17) is 9.97 Å². The smallest absolute Gasteiger partial charge is 0.251 e. The monoisotopic (exact) mass is 503 g/mol. The van der Waals surface area contributed by atoms with Crippen LogP contribution in [0.3, 0.4) is 0 Å². The van der Waals surface area contributed by atoms with Crippen LogP contribution in [0.25, 0.3) is 27.5 Å². The van der Waals surface area contributed by atoms with Crippen LogP contribution >= 0.6 is 11.3 Å². The topological polar surface area (TPSA) is 78.7 Å². The maximum atomic E-state index is 13.3. The second-order valence-corrected chi connectivity index (χ2v) is 10.1. The molecule has 1 aliphatic rings. The molecule has 1 saturated heterocycles. The molecule has 0 spiro atoms. The molecule has 8 nitrogen and oxygen atoms in total. The molecule has 0 radical (unpaired) electrons. The summed E-state index contributed by atoms with van der Waals surface area (Å²) < 4.78 is 1.77. The van der Waals surface area contributed by atoms with E-state index in [0.29, 0.717) is 17.8 Å². The number of anilines is 1. The molecule has 0 aromatic carbocycles. The minimum Gasteiger partial charge on any atom is -0.357 e. The molecular weight excluding hydrogens is 470 g/mol. The Morgan fingerprint density at radius 1 is 1.14 bits per heavy atom. The van der Waals surface area contributed by atoms with Crippen molar-refractivity contribution in [3.8, 4) is 21.8 Å². The van der Waals surface area contributed by atoms with Gasteiger partial charge in [0.05, 0.1) is 28.0 Å². The van der Waals surface area contributed by atoms with Gasteiger partial charge in [0.25, 0.3) is 5.91 Å². The quantitative estimate of drug-likeness (QED) is 0.360. The highest BCUT2D eigenvalue weighted by Crippen LogP contribution is 2.29. The molecule has 5 heterocycles. The number of nitrogens with one attached hydrogen (secondary N) is 1. The van der Waals surface area contributed by atoms with Crippen LogP contribution < -0.4 is 10.2 Å². The van der Waals surface area contributed by atoms with Gasteiger partial charge in [-0.15, -0.1) is 11.3 Å². The number of thiophene rings is 1. The summed E-state index contributed by atoms with van der Waals surface area (Å²) in [6, 6.07) is 10.1. The second-order valence-electron chi connectivity index (χ2n) is 9.19. The summed E-state index contributed by atoms with van der Waals surface area (Å²) in [5.74, 6) is 0.752. The lowest BCUT2D eigenvalue weighted by Crippen LogP contribution is -2.42. The van der Waals surface area contributed by atoms with E-state index in [1.807, 2.05) is 35.8 Å². The average molecular weight is 504 g/mol. The van der Waals surface area contributed by atoms with Gasteiger partial charge in [-0.25, -0.2) is 14.5 Å². The molecule has 1 aliphatic heterocycles. The average Bonchev–Trinajstić information content (AvgIpc) is 3.69. The zero-order valence-corrected chi connectivity index (χ0v) is 22.0. The summed E-state index contributed by atoms with van der Waals surface area (Å²) >= 11 is 1.66. The Bertz CT molecular complexity index is 1320. The number of carbonyl (C=O) groups is 1. The minimum atomic E-state index is -0.0817. The van der Waals surface area contributed by atoms with Gasteiger partial charge in [0.2, 0.25) is 0 Å². The number of carbonyl (C=O) groups excluding carboxylic acids is 1. The van der Waals surface area contributed by atoms with E-state index in [1.165, 1.54) is 0 Å². The third kappa shape index (κ3) is 4.99. The van der Waals surface area contributed by atoms with Crippen LogP contribution in [-0.2, 0) is 0 Å². The lowest BCUT2D eigenvalue weighted by molar-refractivity contribution is 0.0938. The maximum Gasteiger partial charge on any atom is 0.251 e. The molecule has 4 aromatic rings. The maximum absolute atomic E-state index is 13.3. The van der Waals surface area contributed by atoms with E-state index in [2.05, 4.69) is 47.1 Å². The van der Waals surface area contributed by atoms with Gasteiger partial charge >= 0.3 is 0 Å². The van der Waals surface area contributed by atoms with Gasteiger partial charge in [0.15, 0.2) is 5.65 Å². The number of hydrogen-bond donors (Lipinski definition) is 1. The lowest BCUT2D eigenvalue weighted by Gasteiger charge is -2.26. The molecule has 1 amide bonds. The Balaban J connectivity index is 1.50. The molecule has 1 atom stereocenters. The predicted octanol–water partition coefficient (Wildman–Crippen LogP) is 4.58. The minimum absolute atomic E-state index is 0.0817. The van der Waals surface area contributed by atoms with Crippen molar-refractivity contribution in [1.29, 1.82) is 0 Å². The van der Waals surface area contributed by atoms with E-state index in [-0.39, 0.29) is 11.9 Å². The van der Waals surface area contributed by atoms with Crippen LogP contribution in [0.15, 0.2) is 48.1 Å². The van der Waals surface area contributed by atoms with Crippen molar-refractivity contribution in [2.24, 2.45) is 0 Å². The summed E-state index contributed by atoms with van der Waals surface area (Å²) in [7, 11) is 0. The number of aromatic nitrogens is 4. The lowest BCUT2D eigenvalue weighted by atomic mass is 10.1. The van der Waals surface area contributed by atoms with E-state index in [9.17, 15) is 4.79 Å². The van der Waals surface area contributed by atoms with Crippen LogP contribution in [0.4, 0.5) is 5.82 Å². The first-order valence-corrected chi connectivity index (χ1v) is 13.6. The molecule has 1 N–H and O–H groups in total. The number of fused-ring (bicyclic) bond motifs is 1. The highest BCUT2D eigenvalue weighted by atomic mass is 32.1. The van der Waals surface area contributed by atoms with Gasteiger partial charge in [-0.3, -0.25) is 9.69 Å². The third-order valence-electron chi connectivity index (χ3n) is 6.92. The molecule has 4 aromatic heterocycles. The second kappa shape index (κ2) is 10.8. The van der Waals surface area contributed by atoms with Gasteiger partial charge in [-0.1, -0.05) is 19.9 Å². The van der Waals surface area contributed by atoms with E-state index >= 15 is 0 Å². The van der Waals surface area contributed by atoms with Gasteiger partial charge < -0.3 is 10.2 Å². The third-order valence-corrected chi connectivity index (χ3v) is 7.81. The molecule has 9 heteroatoms. The number of amides is 1. The molecule has 5 rings (SSSR count). The predicted molar refractivity (Wildman–Crippen MR) is 146 cm³/mol. The molecule has 0 bridgehead atoms. The Labute approximate surface area is 216 Å². The zero-order valence-electron chi connectivity index (χ0n) is 21.1. The highest BCUT2D eigenvalue weighted by molar-refractivity contribution is 7.13. The van der Waals surface area contributed by atoms with E-state index in [1.54, 1.807) is 22.0 Å². The zero-order chi connectivity index (χ0) is 25.1. The van der Waals surface area contributed by atoms with Crippen LogP contribution in [0.5, 0.6) is 0 Å². The van der Waals surface area contributed by atoms with Crippen LogP contribution in [0, 0.1) is 0 Å². The summed E-state index contributed by atoms with van der Waals surface area (Å²) in [4.78, 5) is 28.9. The summed E-state index contributed by atoms with van der Waals surface area (Å²) in [6.45, 7) is 10.9. The Morgan fingerprint density at radius 2 is 1.94 bits per heavy atom. The number of hydrogen-bond acceptors (Lipinski definition) is 7. The normalized spacial score (nSPS) is 14.6. The van der Waals surface area contributed by atoms with Crippen LogP contribution in [0.1, 0.15) is 44.0 Å². The fraction of sp³-hybridized carbons (Fsp3) is 0.407. The van der Waals surface area contributed by atoms with Crippen molar-refractivity contribution in [1.82, 2.24) is 29.8 Å². The SMILES string of the molecule is CCN(CC)C(C)CNC(=O)c1cc(-c2cnn3ccc(-c4cccs4)nc23)nc(N2CCCC2)c1. The van der Waals surface area contributed by atoms with Crippen LogP contribution in [0.2, 0.25) is 0 Å². The van der Waals surface area contributed by atoms with Gasteiger partial charge in [0, 0.05) is 37.4 Å². The standard InChI is InChI=1S/C27H33N7OS/c1-4-32(5-2)19(3)17-28-27(35)20-15-23(30-25(16-20)33-11-6-7-12-33)21-18-29-34-13-10-22(31-26(21)34)24-9-8-14-36-24/h8-10,13-16,18-19H,4-7,11-12,17H2,1-3H3,(H,28,35). The number of likely N-dealkylation sites (N-methyl/N-ethyl adjacent to an activating group) is 1. The first kappa shape index (κ1) is 24.4. The molecule has 0 saturated carbocycles. The van der Waals surface area contributed by atoms with Crippen molar-refractivity contribution < 1.29 is 4.79 Å². The summed E-state index contributed by atoms with van der Waals surface area (Å²) in [5.41, 5.74) is 3.78. The Kier molecular flexibility index (Phi) is 7.29. The molecule has 36 heavy (non-hydrogen) atoms. The number of pyridine rings is 1. The van der Waals surface area contributed by atoms with Gasteiger partial charge in [-0.05, 0) is 62.5 Å². The summed E-state index contributed by atoms with van der Waals surface area (Å²) in [5, 5.41) is 9.70. The van der Waals surface area contributed by atoms with Crippen molar-refractivity contribution in [2.75, 3.05) is 37.6 Å². The van der Waals surface area contributed by atoms with Crippen molar-refractivity contribution >= 4 is 28.7 Å². The number of nitrogens with zero attached hydrogens (tertiary/aromatic N) is 6. The molecule has 1 unspecified atom stereocenters. The summed E-state index contributed by atoms with van der Waals surface area (Å²) in [6.07, 6.45) is 5.99. The van der Waals surface area contributed by atoms with E-state index in [0.717, 1.165) is 66.6 Å².